The van der Waals surface area contributed by atoms with Crippen LogP contribution in [0, 0.1) is 0 Å². The summed E-state index contributed by atoms with van der Waals surface area (Å²) < 4.78 is 60.4. The van der Waals surface area contributed by atoms with E-state index in [1.807, 2.05) is 6.07 Å². The van der Waals surface area contributed by atoms with Gasteiger partial charge in [-0.3, -0.25) is 0 Å². The molecule has 1 aromatic rings. The second kappa shape index (κ2) is 4.65. The first-order valence-corrected chi connectivity index (χ1v) is 7.57. The normalized spacial score (nSPS) is 18.5. The van der Waals surface area contributed by atoms with Gasteiger partial charge in [0.1, 0.15) is 0 Å². The molecule has 0 aliphatic heterocycles. The van der Waals surface area contributed by atoms with Crippen molar-refractivity contribution < 1.29 is 41.2 Å². The van der Waals surface area contributed by atoms with Crippen molar-refractivity contribution in [3.05, 3.63) is 52.5 Å². The second-order valence-corrected chi connectivity index (χ2v) is 6.32. The number of hydrogen-bond acceptors (Lipinski definition) is 0. The Morgan fingerprint density at radius 1 is 0.895 bits per heavy atom. The van der Waals surface area contributed by atoms with Crippen molar-refractivity contribution in [3.63, 3.8) is 0 Å². The van der Waals surface area contributed by atoms with Crippen LogP contribution in [0.15, 0.2) is 47.0 Å². The zero-order valence-corrected chi connectivity index (χ0v) is 11.3. The van der Waals surface area contributed by atoms with Crippen molar-refractivity contribution >= 4 is 13.4 Å². The first-order valence-electron chi connectivity index (χ1n) is 4.99. The first kappa shape index (κ1) is 16.3. The topological polar surface area (TPSA) is 0 Å². The average molecular weight is 342 g/mol. The maximum absolute atomic E-state index is 10.7. The summed E-state index contributed by atoms with van der Waals surface area (Å²) in [6.07, 6.45) is 5.31. The monoisotopic (exact) mass is 342 g/mol. The zero-order chi connectivity index (χ0) is 14.8. The zero-order valence-electron chi connectivity index (χ0n) is 9.32. The summed E-state index contributed by atoms with van der Waals surface area (Å²) in [5, 5.41) is 0. The molecule has 0 fully saturated rings. The molecular formula is C11H9F6FeP-. The van der Waals surface area contributed by atoms with Crippen LogP contribution in [0.25, 0.3) is 5.57 Å². The molecule has 0 atom stereocenters. The molecule has 19 heavy (non-hydrogen) atoms. The van der Waals surface area contributed by atoms with Gasteiger partial charge >= 0.3 is 114 Å². The summed E-state index contributed by atoms with van der Waals surface area (Å²) in [5.74, 6) is 0. The molecule has 0 nitrogen and oxygen atoms in total. The molecule has 2 rings (SSSR count). The van der Waals surface area contributed by atoms with Crippen LogP contribution in [0.2, 0.25) is 0 Å². The predicted molar refractivity (Wildman–Crippen MR) is 60.7 cm³/mol. The molecule has 0 saturated heterocycles. The molecule has 0 saturated carbocycles. The van der Waals surface area contributed by atoms with Crippen LogP contribution in [0.4, 0.5) is 25.2 Å². The second-order valence-electron chi connectivity index (χ2n) is 3.73. The summed E-state index contributed by atoms with van der Waals surface area (Å²) >= 11 is 4.01. The minimum absolute atomic E-state index is 1.00. The third kappa shape index (κ3) is 8.87. The van der Waals surface area contributed by atoms with E-state index in [0.29, 0.717) is 0 Å². The van der Waals surface area contributed by atoms with Gasteiger partial charge < -0.3 is 0 Å². The van der Waals surface area contributed by atoms with E-state index in [-0.39, 0.29) is 0 Å². The van der Waals surface area contributed by atoms with E-state index >= 15 is 0 Å². The number of allylic oxidation sites excluding steroid dienone is 4. The Bertz CT molecular complexity index is 503. The Morgan fingerprint density at radius 3 is 1.74 bits per heavy atom. The molecule has 0 heterocycles. The van der Waals surface area contributed by atoms with Crippen LogP contribution < -0.4 is 0 Å². The fourth-order valence-electron chi connectivity index (χ4n) is 1.34. The van der Waals surface area contributed by atoms with Gasteiger partial charge in [-0.05, 0) is 0 Å². The molecule has 1 aliphatic rings. The summed E-state index contributed by atoms with van der Waals surface area (Å²) in [6.45, 7) is 0. The third-order valence-electron chi connectivity index (χ3n) is 1.95. The molecule has 1 aromatic carbocycles. The number of rotatable bonds is 1. The van der Waals surface area contributed by atoms with Crippen molar-refractivity contribution in [2.24, 2.45) is 0 Å². The van der Waals surface area contributed by atoms with E-state index in [0.717, 1.165) is 6.42 Å². The minimum atomic E-state index is -10.7. The van der Waals surface area contributed by atoms with Gasteiger partial charge in [0.25, 0.3) is 0 Å². The summed E-state index contributed by atoms with van der Waals surface area (Å²) in [5.41, 5.74) is 2.56. The predicted octanol–water partition coefficient (Wildman–Crippen LogP) is 6.29. The van der Waals surface area contributed by atoms with Gasteiger partial charge in [-0.25, -0.2) is 0 Å². The van der Waals surface area contributed by atoms with Gasteiger partial charge in [-0.15, -0.1) is 0 Å². The van der Waals surface area contributed by atoms with Gasteiger partial charge in [0.15, 0.2) is 0 Å². The van der Waals surface area contributed by atoms with Crippen molar-refractivity contribution in [1.29, 1.82) is 0 Å². The molecule has 0 unspecified atom stereocenters. The van der Waals surface area contributed by atoms with Gasteiger partial charge in [0.2, 0.25) is 0 Å². The van der Waals surface area contributed by atoms with E-state index in [1.54, 1.807) is 0 Å². The number of hydrogen-bond donors (Lipinski definition) is 0. The maximum atomic E-state index is 9.87. The molecule has 0 radical (unpaired) electrons. The van der Waals surface area contributed by atoms with E-state index in [2.05, 4.69) is 52.4 Å². The van der Waals surface area contributed by atoms with E-state index in [4.69, 9.17) is 0 Å². The molecule has 1 aliphatic carbocycles. The molecule has 0 amide bonds. The standard InChI is InChI=1S/C11H9.F6P.Fe/c1-2-6-10(7-3-1)11-8-4-5-9-11;1-7(2,3,4,5)6;/h1-4,6-8H,5H2;;/q;-1;. The molecule has 0 bridgehead atoms. The molecule has 109 valence electrons. The van der Waals surface area contributed by atoms with Gasteiger partial charge in [0.05, 0.1) is 0 Å². The van der Waals surface area contributed by atoms with Crippen molar-refractivity contribution in [2.75, 3.05) is 0 Å². The van der Waals surface area contributed by atoms with Crippen LogP contribution >= 0.6 is 7.81 Å². The molecular weight excluding hydrogens is 333 g/mol. The molecule has 0 spiro atoms. The van der Waals surface area contributed by atoms with Crippen LogP contribution in [0.5, 0.6) is 0 Å². The van der Waals surface area contributed by atoms with Gasteiger partial charge in [-0.2, -0.15) is 0 Å². The Hall–Kier alpha value is -0.771. The first-order chi connectivity index (χ1) is 8.33. The van der Waals surface area contributed by atoms with E-state index in [1.165, 1.54) is 15.6 Å². The fraction of sp³-hybridized carbons (Fsp3) is 0.0909. The van der Waals surface area contributed by atoms with Crippen LogP contribution in [-0.2, 0) is 16.0 Å². The number of halogens is 6. The SMILES string of the molecule is F[P-](F)(F)(F)(F)F.[Fe][C]1=C(c2ccccc2)C=CC1. The van der Waals surface area contributed by atoms with Crippen molar-refractivity contribution in [2.45, 2.75) is 6.42 Å². The van der Waals surface area contributed by atoms with Crippen molar-refractivity contribution in [3.8, 4) is 0 Å². The third-order valence-corrected chi connectivity index (χ3v) is 2.47. The Balaban J connectivity index is 0.000000224. The van der Waals surface area contributed by atoms with Crippen LogP contribution in [0.3, 0.4) is 0 Å². The number of benzene rings is 1. The fourth-order valence-corrected chi connectivity index (χ4v) is 1.72. The molecule has 8 heteroatoms. The summed E-state index contributed by atoms with van der Waals surface area (Å²) in [4.78, 5) is 0. The molecule has 0 N–H and O–H groups in total. The van der Waals surface area contributed by atoms with Crippen LogP contribution in [0.1, 0.15) is 12.0 Å². The quantitative estimate of drug-likeness (QED) is 0.320. The Labute approximate surface area is 114 Å². The summed E-state index contributed by atoms with van der Waals surface area (Å²) in [7, 11) is -10.7. The van der Waals surface area contributed by atoms with Gasteiger partial charge in [-0.1, -0.05) is 0 Å². The van der Waals surface area contributed by atoms with Gasteiger partial charge in [0, 0.05) is 0 Å². The Morgan fingerprint density at radius 2 is 1.37 bits per heavy atom. The van der Waals surface area contributed by atoms with E-state index < -0.39 is 7.81 Å². The average Bonchev–Trinajstić information content (AvgIpc) is 2.61. The summed E-state index contributed by atoms with van der Waals surface area (Å²) in [6, 6.07) is 10.4. The van der Waals surface area contributed by atoms with E-state index in [9.17, 15) is 25.2 Å². The Kier molecular flexibility index (Phi) is 3.99. The van der Waals surface area contributed by atoms with Crippen molar-refractivity contribution in [1.82, 2.24) is 0 Å². The molecule has 0 aromatic heterocycles. The van der Waals surface area contributed by atoms with Crippen LogP contribution in [-0.4, -0.2) is 0 Å².